The summed E-state index contributed by atoms with van der Waals surface area (Å²) in [6.07, 6.45) is 0.0346. The van der Waals surface area contributed by atoms with Crippen molar-refractivity contribution in [3.05, 3.63) is 51.5 Å². The second kappa shape index (κ2) is 4.71. The van der Waals surface area contributed by atoms with Crippen molar-refractivity contribution in [2.75, 3.05) is 0 Å². The number of aryl methyl sites for hydroxylation is 1. The molecule has 17 heavy (non-hydrogen) atoms. The van der Waals surface area contributed by atoms with E-state index >= 15 is 0 Å². The fourth-order valence-electron chi connectivity index (χ4n) is 1.46. The summed E-state index contributed by atoms with van der Waals surface area (Å²) >= 11 is 1.43. The van der Waals surface area contributed by atoms with Crippen LogP contribution in [-0.2, 0) is 6.42 Å². The molecule has 1 aromatic carbocycles. The van der Waals surface area contributed by atoms with Crippen LogP contribution in [0.4, 0.5) is 8.78 Å². The van der Waals surface area contributed by atoms with Gasteiger partial charge in [0.05, 0.1) is 22.7 Å². The molecule has 0 aliphatic carbocycles. The van der Waals surface area contributed by atoms with Gasteiger partial charge in [-0.15, -0.1) is 11.3 Å². The number of thiazole rings is 1. The van der Waals surface area contributed by atoms with E-state index in [0.29, 0.717) is 11.8 Å². The third-order valence-corrected chi connectivity index (χ3v) is 3.06. The molecular formula is C12H9F2NOS. The van der Waals surface area contributed by atoms with Gasteiger partial charge in [0.2, 0.25) is 0 Å². The van der Waals surface area contributed by atoms with Crippen molar-refractivity contribution in [1.29, 1.82) is 0 Å². The lowest BCUT2D eigenvalue weighted by molar-refractivity contribution is 0.0988. The maximum Gasteiger partial charge on any atom is 0.171 e. The Morgan fingerprint density at radius 1 is 1.41 bits per heavy atom. The predicted octanol–water partition coefficient (Wildman–Crippen LogP) is 3.16. The van der Waals surface area contributed by atoms with E-state index in [0.717, 1.165) is 17.1 Å². The number of carbonyl (C=O) groups excluding carboxylic acids is 1. The standard InChI is InChI=1S/C12H9F2NOS/c1-7-15-9(6-17-7)5-12(16)10-3-2-8(13)4-11(10)14/h2-4,6H,5H2,1H3. The smallest absolute Gasteiger partial charge is 0.171 e. The van der Waals surface area contributed by atoms with Crippen molar-refractivity contribution in [2.24, 2.45) is 0 Å². The van der Waals surface area contributed by atoms with Gasteiger partial charge in [-0.1, -0.05) is 0 Å². The first-order chi connectivity index (χ1) is 8.06. The number of hydrogen-bond donors (Lipinski definition) is 0. The molecule has 0 aliphatic heterocycles. The number of aromatic nitrogens is 1. The summed E-state index contributed by atoms with van der Waals surface area (Å²) in [5.74, 6) is -1.92. The lowest BCUT2D eigenvalue weighted by Crippen LogP contribution is -2.06. The minimum atomic E-state index is -0.832. The highest BCUT2D eigenvalue weighted by Gasteiger charge is 2.14. The number of carbonyl (C=O) groups is 1. The SMILES string of the molecule is Cc1nc(CC(=O)c2ccc(F)cc2F)cs1. The molecule has 2 rings (SSSR count). The van der Waals surface area contributed by atoms with Crippen LogP contribution in [0, 0.1) is 18.6 Å². The van der Waals surface area contributed by atoms with Gasteiger partial charge in [-0.05, 0) is 19.1 Å². The molecule has 0 saturated heterocycles. The van der Waals surface area contributed by atoms with Crippen molar-refractivity contribution in [1.82, 2.24) is 4.98 Å². The highest BCUT2D eigenvalue weighted by atomic mass is 32.1. The minimum Gasteiger partial charge on any atom is -0.294 e. The zero-order valence-corrected chi connectivity index (χ0v) is 9.85. The van der Waals surface area contributed by atoms with Crippen molar-refractivity contribution in [3.63, 3.8) is 0 Å². The Kier molecular flexibility index (Phi) is 3.28. The molecular weight excluding hydrogens is 244 g/mol. The molecule has 1 heterocycles. The first kappa shape index (κ1) is 11.9. The molecule has 2 aromatic rings. The van der Waals surface area contributed by atoms with Gasteiger partial charge in [0.25, 0.3) is 0 Å². The van der Waals surface area contributed by atoms with Crippen molar-refractivity contribution >= 4 is 17.1 Å². The third-order valence-electron chi connectivity index (χ3n) is 2.24. The summed E-state index contributed by atoms with van der Waals surface area (Å²) in [5.41, 5.74) is 0.512. The second-order valence-electron chi connectivity index (χ2n) is 3.58. The van der Waals surface area contributed by atoms with E-state index in [1.165, 1.54) is 11.3 Å². The van der Waals surface area contributed by atoms with Crippen molar-refractivity contribution < 1.29 is 13.6 Å². The van der Waals surface area contributed by atoms with E-state index in [1.54, 1.807) is 5.38 Å². The van der Waals surface area contributed by atoms with Crippen LogP contribution in [0.2, 0.25) is 0 Å². The van der Waals surface area contributed by atoms with Gasteiger partial charge in [0, 0.05) is 11.4 Å². The molecule has 0 saturated carbocycles. The number of nitrogens with zero attached hydrogens (tertiary/aromatic N) is 1. The highest BCUT2D eigenvalue weighted by Crippen LogP contribution is 2.14. The molecule has 0 fully saturated rings. The number of rotatable bonds is 3. The largest absolute Gasteiger partial charge is 0.294 e. The van der Waals surface area contributed by atoms with E-state index in [9.17, 15) is 13.6 Å². The average molecular weight is 253 g/mol. The van der Waals surface area contributed by atoms with Gasteiger partial charge in [0.15, 0.2) is 5.78 Å². The number of ketones is 1. The highest BCUT2D eigenvalue weighted by molar-refractivity contribution is 7.09. The Balaban J connectivity index is 2.20. The van der Waals surface area contributed by atoms with Crippen LogP contribution in [0.5, 0.6) is 0 Å². The fraction of sp³-hybridized carbons (Fsp3) is 0.167. The molecule has 5 heteroatoms. The van der Waals surface area contributed by atoms with Gasteiger partial charge in [-0.3, -0.25) is 4.79 Å². The minimum absolute atomic E-state index is 0.0346. The number of halogens is 2. The zero-order valence-electron chi connectivity index (χ0n) is 9.04. The van der Waals surface area contributed by atoms with Gasteiger partial charge < -0.3 is 0 Å². The van der Waals surface area contributed by atoms with Crippen LogP contribution in [0.15, 0.2) is 23.6 Å². The summed E-state index contributed by atoms with van der Waals surface area (Å²) < 4.78 is 26.0. The van der Waals surface area contributed by atoms with Crippen molar-refractivity contribution in [3.8, 4) is 0 Å². The molecule has 0 amide bonds. The first-order valence-electron chi connectivity index (χ1n) is 4.95. The van der Waals surface area contributed by atoms with E-state index in [-0.39, 0.29) is 12.0 Å². The lowest BCUT2D eigenvalue weighted by Gasteiger charge is -2.00. The quantitative estimate of drug-likeness (QED) is 0.786. The van der Waals surface area contributed by atoms with Crippen LogP contribution >= 0.6 is 11.3 Å². The predicted molar refractivity (Wildman–Crippen MR) is 61.2 cm³/mol. The van der Waals surface area contributed by atoms with E-state index in [2.05, 4.69) is 4.98 Å². The molecule has 0 radical (unpaired) electrons. The molecule has 2 nitrogen and oxygen atoms in total. The Morgan fingerprint density at radius 3 is 2.76 bits per heavy atom. The Morgan fingerprint density at radius 2 is 2.18 bits per heavy atom. The van der Waals surface area contributed by atoms with Crippen LogP contribution in [0.3, 0.4) is 0 Å². The summed E-state index contributed by atoms with van der Waals surface area (Å²) in [7, 11) is 0. The lowest BCUT2D eigenvalue weighted by atomic mass is 10.1. The maximum atomic E-state index is 13.3. The monoisotopic (exact) mass is 253 g/mol. The molecule has 0 N–H and O–H groups in total. The summed E-state index contributed by atoms with van der Waals surface area (Å²) in [6.45, 7) is 1.83. The first-order valence-corrected chi connectivity index (χ1v) is 5.83. The number of Topliss-reactive ketones (excluding diaryl/α,β-unsaturated/α-hetero) is 1. The third kappa shape index (κ3) is 2.74. The van der Waals surface area contributed by atoms with Crippen LogP contribution in [0.25, 0.3) is 0 Å². The maximum absolute atomic E-state index is 13.3. The average Bonchev–Trinajstić information content (AvgIpc) is 2.63. The Hall–Kier alpha value is -1.62. The van der Waals surface area contributed by atoms with Crippen LogP contribution < -0.4 is 0 Å². The van der Waals surface area contributed by atoms with Gasteiger partial charge in [-0.2, -0.15) is 0 Å². The molecule has 0 unspecified atom stereocenters. The van der Waals surface area contributed by atoms with Gasteiger partial charge in [0.1, 0.15) is 11.6 Å². The van der Waals surface area contributed by atoms with E-state index in [4.69, 9.17) is 0 Å². The second-order valence-corrected chi connectivity index (χ2v) is 4.64. The molecule has 0 atom stereocenters. The molecule has 88 valence electrons. The van der Waals surface area contributed by atoms with Crippen molar-refractivity contribution in [2.45, 2.75) is 13.3 Å². The molecule has 0 aliphatic rings. The topological polar surface area (TPSA) is 30.0 Å². The number of hydrogen-bond acceptors (Lipinski definition) is 3. The Bertz CT molecular complexity index is 565. The zero-order chi connectivity index (χ0) is 12.4. The summed E-state index contributed by atoms with van der Waals surface area (Å²) in [6, 6.07) is 2.94. The van der Waals surface area contributed by atoms with Crippen LogP contribution in [-0.4, -0.2) is 10.8 Å². The normalized spacial score (nSPS) is 10.5. The van der Waals surface area contributed by atoms with Crippen LogP contribution in [0.1, 0.15) is 21.1 Å². The summed E-state index contributed by atoms with van der Waals surface area (Å²) in [5, 5.41) is 2.61. The molecule has 0 spiro atoms. The molecule has 0 bridgehead atoms. The molecule has 1 aromatic heterocycles. The Labute approximate surface area is 101 Å². The summed E-state index contributed by atoms with van der Waals surface area (Å²) in [4.78, 5) is 15.9. The van der Waals surface area contributed by atoms with Gasteiger partial charge >= 0.3 is 0 Å². The van der Waals surface area contributed by atoms with Gasteiger partial charge in [-0.25, -0.2) is 13.8 Å². The fourth-order valence-corrected chi connectivity index (χ4v) is 2.08. The van der Waals surface area contributed by atoms with E-state index in [1.807, 2.05) is 6.92 Å². The number of benzene rings is 1. The van der Waals surface area contributed by atoms with E-state index < -0.39 is 17.4 Å².